The van der Waals surface area contributed by atoms with E-state index >= 15 is 0 Å². The van der Waals surface area contributed by atoms with E-state index in [1.807, 2.05) is 0 Å². The Labute approximate surface area is 133 Å². The first-order valence-corrected chi connectivity index (χ1v) is 9.25. The van der Waals surface area contributed by atoms with Crippen molar-refractivity contribution in [2.24, 2.45) is 0 Å². The summed E-state index contributed by atoms with van der Waals surface area (Å²) in [4.78, 5) is -0.181. The lowest BCUT2D eigenvalue weighted by atomic mass is 10.1. The molecule has 0 radical (unpaired) electrons. The third-order valence-corrected chi connectivity index (χ3v) is 5.35. The zero-order chi connectivity index (χ0) is 18.3. The molecule has 0 saturated carbocycles. The molecule has 1 aromatic rings. The number of rotatable bonds is 4. The molecule has 1 rings (SSSR count). The molecule has 0 saturated heterocycles. The van der Waals surface area contributed by atoms with Crippen molar-refractivity contribution in [1.29, 1.82) is 0 Å². The van der Waals surface area contributed by atoms with E-state index in [-0.39, 0.29) is 16.1 Å². The summed E-state index contributed by atoms with van der Waals surface area (Å²) in [5.74, 6) is 0. The van der Waals surface area contributed by atoms with E-state index in [0.717, 1.165) is 18.2 Å². The fourth-order valence-corrected chi connectivity index (χ4v) is 3.72. The Morgan fingerprint density at radius 3 is 1.91 bits per heavy atom. The maximum atomic E-state index is 12.3. The summed E-state index contributed by atoms with van der Waals surface area (Å²) in [6.07, 6.45) is 0. The van der Waals surface area contributed by atoms with Crippen LogP contribution in [0.3, 0.4) is 0 Å². The molecule has 0 heterocycles. The van der Waals surface area contributed by atoms with Gasteiger partial charge in [-0.2, -0.15) is 21.6 Å². The average molecular weight is 374 g/mol. The molecule has 0 amide bonds. The molecular weight excluding hydrogens is 357 g/mol. The highest BCUT2D eigenvalue weighted by atomic mass is 32.2. The van der Waals surface area contributed by atoms with Crippen LogP contribution in [0.15, 0.2) is 23.1 Å². The Balaban J connectivity index is 3.19. The van der Waals surface area contributed by atoms with Crippen LogP contribution >= 0.6 is 0 Å². The highest BCUT2D eigenvalue weighted by Gasteiger charge is 2.46. The largest absolute Gasteiger partial charge is 0.516 e. The van der Waals surface area contributed by atoms with Crippen molar-refractivity contribution in [3.63, 3.8) is 0 Å². The van der Waals surface area contributed by atoms with E-state index in [9.17, 15) is 30.0 Å². The molecule has 0 aliphatic heterocycles. The number of benzene rings is 1. The van der Waals surface area contributed by atoms with Gasteiger partial charge in [-0.05, 0) is 51.5 Å². The van der Waals surface area contributed by atoms with Gasteiger partial charge in [-0.3, -0.25) is 4.72 Å². The van der Waals surface area contributed by atoms with Gasteiger partial charge >= 0.3 is 15.5 Å². The van der Waals surface area contributed by atoms with Crippen LogP contribution in [-0.4, -0.2) is 27.9 Å². The van der Waals surface area contributed by atoms with Gasteiger partial charge < -0.3 is 0 Å². The van der Waals surface area contributed by atoms with Crippen molar-refractivity contribution in [2.75, 3.05) is 4.72 Å². The number of sulfonamides is 2. The fraction of sp³-hybridized carbons (Fsp3) is 0.500. The van der Waals surface area contributed by atoms with E-state index in [2.05, 4.69) is 4.72 Å². The van der Waals surface area contributed by atoms with Crippen molar-refractivity contribution in [3.05, 3.63) is 23.8 Å². The number of aryl methyl sites for hydroxylation is 1. The number of alkyl halides is 3. The lowest BCUT2D eigenvalue weighted by molar-refractivity contribution is -0.0429. The van der Waals surface area contributed by atoms with E-state index in [0.29, 0.717) is 0 Å². The van der Waals surface area contributed by atoms with Crippen LogP contribution in [-0.2, 0) is 20.0 Å². The summed E-state index contributed by atoms with van der Waals surface area (Å²) >= 11 is 0. The van der Waals surface area contributed by atoms with Crippen LogP contribution in [0, 0.1) is 6.92 Å². The number of nitrogens with one attached hydrogen (secondary N) is 2. The fourth-order valence-electron chi connectivity index (χ4n) is 1.58. The Hall–Kier alpha value is -1.33. The zero-order valence-corrected chi connectivity index (χ0v) is 14.4. The van der Waals surface area contributed by atoms with Crippen LogP contribution < -0.4 is 9.44 Å². The molecule has 0 aromatic heterocycles. The van der Waals surface area contributed by atoms with Gasteiger partial charge in [-0.15, -0.1) is 0 Å². The lowest BCUT2D eigenvalue weighted by Gasteiger charge is -2.21. The highest BCUT2D eigenvalue weighted by molar-refractivity contribution is 7.93. The highest BCUT2D eigenvalue weighted by Crippen LogP contribution is 2.28. The SMILES string of the molecule is Cc1cc(S(=O)(=O)NC(C)(C)C)ccc1NS(=O)(=O)C(F)(F)F. The molecule has 11 heteroatoms. The van der Waals surface area contributed by atoms with Crippen molar-refractivity contribution in [1.82, 2.24) is 4.72 Å². The Morgan fingerprint density at radius 2 is 1.52 bits per heavy atom. The summed E-state index contributed by atoms with van der Waals surface area (Å²) < 4.78 is 87.2. The van der Waals surface area contributed by atoms with E-state index in [1.165, 1.54) is 11.6 Å². The number of hydrogen-bond acceptors (Lipinski definition) is 4. The minimum atomic E-state index is -5.57. The van der Waals surface area contributed by atoms with Crippen molar-refractivity contribution in [3.8, 4) is 0 Å². The summed E-state index contributed by atoms with van der Waals surface area (Å²) in [5.41, 5.74) is -6.52. The molecule has 0 bridgehead atoms. The molecule has 23 heavy (non-hydrogen) atoms. The molecule has 0 unspecified atom stereocenters. The minimum absolute atomic E-state index is 0.0367. The number of hydrogen-bond donors (Lipinski definition) is 2. The van der Waals surface area contributed by atoms with Crippen LogP contribution in [0.5, 0.6) is 0 Å². The van der Waals surface area contributed by atoms with Crippen LogP contribution in [0.2, 0.25) is 0 Å². The molecule has 0 atom stereocenters. The van der Waals surface area contributed by atoms with Gasteiger partial charge in [0, 0.05) is 5.54 Å². The normalized spacial score (nSPS) is 13.9. The smallest absolute Gasteiger partial charge is 0.276 e. The van der Waals surface area contributed by atoms with Gasteiger partial charge in [0.15, 0.2) is 0 Å². The first-order chi connectivity index (χ1) is 10.1. The molecule has 0 aliphatic rings. The second-order valence-electron chi connectivity index (χ2n) is 5.88. The second-order valence-corrected chi connectivity index (χ2v) is 9.24. The molecule has 0 fully saturated rings. The Kier molecular flexibility index (Phi) is 5.10. The molecule has 132 valence electrons. The van der Waals surface area contributed by atoms with Crippen LogP contribution in [0.4, 0.5) is 18.9 Å². The van der Waals surface area contributed by atoms with Crippen molar-refractivity contribution < 1.29 is 30.0 Å². The predicted octanol–water partition coefficient (Wildman–Crippen LogP) is 2.33. The monoisotopic (exact) mass is 374 g/mol. The standard InChI is InChI=1S/C12H17F3N2O4S2/c1-8-7-9(22(18,19)17-11(2,3)4)5-6-10(8)16-23(20,21)12(13,14)15/h5-7,16-17H,1-4H3. The topological polar surface area (TPSA) is 92.3 Å². The van der Waals surface area contributed by atoms with Crippen molar-refractivity contribution >= 4 is 25.7 Å². The quantitative estimate of drug-likeness (QED) is 0.846. The summed E-state index contributed by atoms with van der Waals surface area (Å²) in [5, 5.41) is 0. The van der Waals surface area contributed by atoms with Gasteiger partial charge in [0.1, 0.15) is 0 Å². The van der Waals surface area contributed by atoms with Gasteiger partial charge in [0.25, 0.3) is 0 Å². The van der Waals surface area contributed by atoms with Crippen LogP contribution in [0.25, 0.3) is 0 Å². The zero-order valence-electron chi connectivity index (χ0n) is 12.8. The summed E-state index contributed by atoms with van der Waals surface area (Å²) in [7, 11) is -9.44. The molecule has 2 N–H and O–H groups in total. The maximum absolute atomic E-state index is 12.3. The van der Waals surface area contributed by atoms with Crippen LogP contribution in [0.1, 0.15) is 26.3 Å². The third-order valence-electron chi connectivity index (χ3n) is 2.50. The molecule has 1 aromatic carbocycles. The van der Waals surface area contributed by atoms with Gasteiger partial charge in [-0.1, -0.05) is 0 Å². The molecule has 0 aliphatic carbocycles. The molecule has 0 spiro atoms. The van der Waals surface area contributed by atoms with Gasteiger partial charge in [0.05, 0.1) is 10.6 Å². The summed E-state index contributed by atoms with van der Waals surface area (Å²) in [6.45, 7) is 6.18. The summed E-state index contributed by atoms with van der Waals surface area (Å²) in [6, 6.07) is 3.08. The maximum Gasteiger partial charge on any atom is 0.516 e. The van der Waals surface area contributed by atoms with E-state index in [1.54, 1.807) is 20.8 Å². The van der Waals surface area contributed by atoms with Gasteiger partial charge in [-0.25, -0.2) is 13.1 Å². The second kappa shape index (κ2) is 5.95. The predicted molar refractivity (Wildman–Crippen MR) is 79.9 cm³/mol. The minimum Gasteiger partial charge on any atom is -0.276 e. The number of halogens is 3. The lowest BCUT2D eigenvalue weighted by Crippen LogP contribution is -2.40. The first-order valence-electron chi connectivity index (χ1n) is 6.29. The molecular formula is C12H17F3N2O4S2. The van der Waals surface area contributed by atoms with Gasteiger partial charge in [0.2, 0.25) is 10.0 Å². The first kappa shape index (κ1) is 19.7. The third kappa shape index (κ3) is 5.08. The Morgan fingerprint density at radius 1 is 1.00 bits per heavy atom. The van der Waals surface area contributed by atoms with E-state index < -0.39 is 31.1 Å². The molecule has 6 nitrogen and oxygen atoms in total. The Bertz CT molecular complexity index is 795. The van der Waals surface area contributed by atoms with E-state index in [4.69, 9.17) is 0 Å². The van der Waals surface area contributed by atoms with Crippen molar-refractivity contribution in [2.45, 2.75) is 43.6 Å². The average Bonchev–Trinajstić information content (AvgIpc) is 2.26. The number of anilines is 1.